The van der Waals surface area contributed by atoms with Crippen molar-refractivity contribution in [2.45, 2.75) is 56.3 Å². The average Bonchev–Trinajstić information content (AvgIpc) is 3.52. The molecule has 0 heterocycles. The van der Waals surface area contributed by atoms with Crippen LogP contribution in [0.15, 0.2) is 48.5 Å². The van der Waals surface area contributed by atoms with Gasteiger partial charge in [-0.25, -0.2) is 0 Å². The zero-order valence-electron chi connectivity index (χ0n) is 15.5. The molecule has 144 valence electrons. The van der Waals surface area contributed by atoms with Crippen LogP contribution in [0.2, 0.25) is 0 Å². The molecule has 0 aromatic heterocycles. The number of benzene rings is 2. The van der Waals surface area contributed by atoms with Gasteiger partial charge in [-0.15, -0.1) is 0 Å². The highest BCUT2D eigenvalue weighted by Crippen LogP contribution is 2.40. The molecule has 4 nitrogen and oxygen atoms in total. The fourth-order valence-electron chi connectivity index (χ4n) is 4.03. The van der Waals surface area contributed by atoms with Gasteiger partial charge < -0.3 is 20.1 Å². The van der Waals surface area contributed by atoms with Gasteiger partial charge in [-0.05, 0) is 60.3 Å². The monoisotopic (exact) mass is 368 g/mol. The van der Waals surface area contributed by atoms with E-state index >= 15 is 0 Å². The molecule has 2 aromatic carbocycles. The number of ether oxygens (including phenoxy) is 1. The van der Waals surface area contributed by atoms with E-state index in [4.69, 9.17) is 4.74 Å². The van der Waals surface area contributed by atoms with Crippen LogP contribution in [0.5, 0.6) is 5.75 Å². The molecular weight excluding hydrogens is 340 g/mol. The van der Waals surface area contributed by atoms with Crippen LogP contribution in [-0.2, 0) is 6.42 Å². The van der Waals surface area contributed by atoms with Crippen LogP contribution >= 0.6 is 0 Å². The van der Waals surface area contributed by atoms with Crippen molar-refractivity contribution in [1.82, 2.24) is 0 Å². The lowest BCUT2D eigenvalue weighted by molar-refractivity contribution is -0.0959. The summed E-state index contributed by atoms with van der Waals surface area (Å²) in [4.78, 5) is 0. The maximum atomic E-state index is 10.3. The van der Waals surface area contributed by atoms with E-state index in [0.29, 0.717) is 12.8 Å². The van der Waals surface area contributed by atoms with Crippen molar-refractivity contribution in [2.24, 2.45) is 5.92 Å². The minimum atomic E-state index is -0.932. The predicted octanol–water partition coefficient (Wildman–Crippen LogP) is 3.03. The maximum Gasteiger partial charge on any atom is 0.127 e. The Hall–Kier alpha value is -1.88. The molecule has 0 unspecified atom stereocenters. The van der Waals surface area contributed by atoms with Gasteiger partial charge in [0.25, 0.3) is 0 Å². The van der Waals surface area contributed by atoms with E-state index in [2.05, 4.69) is 24.3 Å². The molecule has 3 N–H and O–H groups in total. The molecule has 0 amide bonds. The van der Waals surface area contributed by atoms with Crippen molar-refractivity contribution < 1.29 is 20.1 Å². The zero-order valence-corrected chi connectivity index (χ0v) is 15.5. The first-order valence-corrected chi connectivity index (χ1v) is 9.94. The van der Waals surface area contributed by atoms with Gasteiger partial charge in [0.2, 0.25) is 0 Å². The van der Waals surface area contributed by atoms with Gasteiger partial charge in [-0.1, -0.05) is 42.5 Å². The Kier molecular flexibility index (Phi) is 5.48. The summed E-state index contributed by atoms with van der Waals surface area (Å²) >= 11 is 0. The summed E-state index contributed by atoms with van der Waals surface area (Å²) in [6.07, 6.45) is 2.02. The second kappa shape index (κ2) is 8.01. The molecule has 4 heteroatoms. The van der Waals surface area contributed by atoms with Gasteiger partial charge in [0.05, 0.1) is 6.10 Å². The van der Waals surface area contributed by atoms with Gasteiger partial charge in [-0.3, -0.25) is 0 Å². The molecule has 0 saturated heterocycles. The summed E-state index contributed by atoms with van der Waals surface area (Å²) in [5.74, 6) is 1.45. The number of para-hydroxylation sites is 1. The van der Waals surface area contributed by atoms with Crippen LogP contribution in [0.4, 0.5) is 0 Å². The first kappa shape index (κ1) is 18.5. The first-order chi connectivity index (χ1) is 13.1. The van der Waals surface area contributed by atoms with Crippen molar-refractivity contribution in [2.75, 3.05) is 6.61 Å². The zero-order chi connectivity index (χ0) is 18.8. The van der Waals surface area contributed by atoms with Crippen LogP contribution in [-0.4, -0.2) is 40.2 Å². The Balaban J connectivity index is 1.48. The van der Waals surface area contributed by atoms with Gasteiger partial charge in [0.1, 0.15) is 18.0 Å². The van der Waals surface area contributed by atoms with E-state index in [0.717, 1.165) is 23.7 Å². The fourth-order valence-corrected chi connectivity index (χ4v) is 4.03. The van der Waals surface area contributed by atoms with E-state index in [1.54, 1.807) is 0 Å². The van der Waals surface area contributed by atoms with E-state index in [1.165, 1.54) is 24.0 Å². The summed E-state index contributed by atoms with van der Waals surface area (Å²) in [6, 6.07) is 16.7. The summed E-state index contributed by atoms with van der Waals surface area (Å²) in [5.41, 5.74) is 3.72. The highest BCUT2D eigenvalue weighted by Gasteiger charge is 2.37. The molecule has 0 bridgehead atoms. The lowest BCUT2D eigenvalue weighted by atomic mass is 9.83. The third kappa shape index (κ3) is 4.34. The van der Waals surface area contributed by atoms with Crippen molar-refractivity contribution in [3.05, 3.63) is 65.2 Å². The van der Waals surface area contributed by atoms with Crippen LogP contribution in [0.3, 0.4) is 0 Å². The summed E-state index contributed by atoms with van der Waals surface area (Å²) in [5, 5.41) is 29.8. The third-order valence-electron chi connectivity index (χ3n) is 5.85. The van der Waals surface area contributed by atoms with E-state index in [1.807, 2.05) is 24.3 Å². The first-order valence-electron chi connectivity index (χ1n) is 9.94. The van der Waals surface area contributed by atoms with E-state index in [9.17, 15) is 15.3 Å². The second-order valence-corrected chi connectivity index (χ2v) is 8.03. The fraction of sp³-hybridized carbons (Fsp3) is 0.478. The largest absolute Gasteiger partial charge is 0.487 e. The minimum Gasteiger partial charge on any atom is -0.487 e. The van der Waals surface area contributed by atoms with Crippen molar-refractivity contribution in [3.63, 3.8) is 0 Å². The van der Waals surface area contributed by atoms with Gasteiger partial charge >= 0.3 is 0 Å². The molecule has 0 spiro atoms. The van der Waals surface area contributed by atoms with Crippen LogP contribution in [0.1, 0.15) is 48.3 Å². The minimum absolute atomic E-state index is 0.00136. The highest BCUT2D eigenvalue weighted by molar-refractivity contribution is 5.39. The number of hydrogen-bond donors (Lipinski definition) is 3. The molecule has 2 fully saturated rings. The van der Waals surface area contributed by atoms with Gasteiger partial charge in [0.15, 0.2) is 0 Å². The van der Waals surface area contributed by atoms with Crippen LogP contribution < -0.4 is 4.74 Å². The molecule has 4 atom stereocenters. The molecular formula is C23H28O4. The van der Waals surface area contributed by atoms with Crippen LogP contribution in [0.25, 0.3) is 0 Å². The van der Waals surface area contributed by atoms with Crippen molar-refractivity contribution in [3.8, 4) is 5.75 Å². The Labute approximate surface area is 160 Å². The molecule has 2 aromatic rings. The van der Waals surface area contributed by atoms with E-state index < -0.39 is 18.3 Å². The highest BCUT2D eigenvalue weighted by atomic mass is 16.5. The second-order valence-electron chi connectivity index (χ2n) is 8.03. The smallest absolute Gasteiger partial charge is 0.127 e. The summed E-state index contributed by atoms with van der Waals surface area (Å²) in [7, 11) is 0. The summed E-state index contributed by atoms with van der Waals surface area (Å²) < 4.78 is 6.12. The Bertz CT molecular complexity index is 753. The predicted molar refractivity (Wildman–Crippen MR) is 104 cm³/mol. The molecule has 0 radical (unpaired) electrons. The number of aliphatic hydroxyl groups excluding tert-OH is 3. The number of hydrogen-bond acceptors (Lipinski definition) is 4. The summed E-state index contributed by atoms with van der Waals surface area (Å²) in [6.45, 7) is -0.00136. The molecule has 2 aliphatic carbocycles. The van der Waals surface area contributed by atoms with E-state index in [-0.39, 0.29) is 12.5 Å². The molecule has 27 heavy (non-hydrogen) atoms. The number of rotatable bonds is 6. The van der Waals surface area contributed by atoms with Gasteiger partial charge in [0, 0.05) is 13.0 Å². The molecule has 4 rings (SSSR count). The maximum absolute atomic E-state index is 10.3. The standard InChI is InChI=1S/C23H28O4/c24-14-16-12-20(25)23(26)22(13-16)27-21-4-2-1-3-19(21)11-15-5-7-17(8-6-15)18-9-10-18/h1-8,16,18,20,22-26H,9-14H2/t16-,20+,22-,23-/m1/s1. The Morgan fingerprint density at radius 3 is 2.37 bits per heavy atom. The lowest BCUT2D eigenvalue weighted by Gasteiger charge is -2.36. The third-order valence-corrected chi connectivity index (χ3v) is 5.85. The average molecular weight is 368 g/mol. The normalized spacial score (nSPS) is 28.1. The molecule has 0 aliphatic heterocycles. The van der Waals surface area contributed by atoms with Crippen molar-refractivity contribution >= 4 is 0 Å². The lowest BCUT2D eigenvalue weighted by Crippen LogP contribution is -2.48. The quantitative estimate of drug-likeness (QED) is 0.733. The van der Waals surface area contributed by atoms with Crippen LogP contribution in [0, 0.1) is 5.92 Å². The Morgan fingerprint density at radius 1 is 0.926 bits per heavy atom. The Morgan fingerprint density at radius 2 is 1.67 bits per heavy atom. The topological polar surface area (TPSA) is 69.9 Å². The van der Waals surface area contributed by atoms with Gasteiger partial charge in [-0.2, -0.15) is 0 Å². The number of aliphatic hydroxyl groups is 3. The molecule has 2 aliphatic rings. The molecule has 2 saturated carbocycles. The van der Waals surface area contributed by atoms with Crippen molar-refractivity contribution in [1.29, 1.82) is 0 Å². The SMILES string of the molecule is OC[C@@H]1C[C@H](O)[C@@H](O)[C@H](Oc2ccccc2Cc2ccc(C3CC3)cc2)C1.